The topological polar surface area (TPSA) is 40.6 Å². The van der Waals surface area contributed by atoms with Crippen LogP contribution in [0, 0.1) is 0 Å². The summed E-state index contributed by atoms with van der Waals surface area (Å²) in [5.41, 5.74) is 0.461. The minimum atomic E-state index is -0.195. The Bertz CT molecular complexity index is 515. The average Bonchev–Trinajstić information content (AvgIpc) is 2.46. The Balaban J connectivity index is 2.78. The molecule has 0 radical (unpaired) electrons. The summed E-state index contributed by atoms with van der Waals surface area (Å²) in [6, 6.07) is 5.07. The van der Waals surface area contributed by atoms with E-state index < -0.39 is 0 Å². The monoisotopic (exact) mass is 344 g/mol. The Morgan fingerprint density at radius 2 is 1.73 bits per heavy atom. The van der Waals surface area contributed by atoms with Crippen LogP contribution in [0.5, 0.6) is 0 Å². The van der Waals surface area contributed by atoms with Gasteiger partial charge in [-0.25, -0.2) is 0 Å². The van der Waals surface area contributed by atoms with Crippen LogP contribution in [0.1, 0.15) is 33.1 Å². The minimum absolute atomic E-state index is 0.00266. The van der Waals surface area contributed by atoms with Crippen LogP contribution in [-0.4, -0.2) is 36.9 Å². The van der Waals surface area contributed by atoms with Crippen LogP contribution >= 0.6 is 23.2 Å². The molecule has 2 amide bonds. The van der Waals surface area contributed by atoms with Gasteiger partial charge in [0.05, 0.1) is 15.7 Å². The lowest BCUT2D eigenvalue weighted by molar-refractivity contribution is -0.129. The average molecular weight is 345 g/mol. The van der Waals surface area contributed by atoms with Gasteiger partial charge in [0.15, 0.2) is 0 Å². The van der Waals surface area contributed by atoms with Gasteiger partial charge >= 0.3 is 0 Å². The predicted molar refractivity (Wildman–Crippen MR) is 91.7 cm³/mol. The van der Waals surface area contributed by atoms with Crippen molar-refractivity contribution in [3.05, 3.63) is 28.2 Å². The number of carbonyl (C=O) groups excluding carboxylic acids is 2. The summed E-state index contributed by atoms with van der Waals surface area (Å²) in [6.45, 7) is 4.50. The lowest BCUT2D eigenvalue weighted by Gasteiger charge is -2.24. The zero-order chi connectivity index (χ0) is 16.7. The molecule has 22 heavy (non-hydrogen) atoms. The van der Waals surface area contributed by atoms with Gasteiger partial charge < -0.3 is 9.80 Å². The molecule has 0 aliphatic rings. The van der Waals surface area contributed by atoms with Crippen LogP contribution in [0.3, 0.4) is 0 Å². The number of hydrogen-bond donors (Lipinski definition) is 0. The van der Waals surface area contributed by atoms with Crippen molar-refractivity contribution in [1.29, 1.82) is 0 Å². The molecule has 122 valence electrons. The van der Waals surface area contributed by atoms with Crippen LogP contribution in [0.2, 0.25) is 10.0 Å². The van der Waals surface area contributed by atoms with E-state index in [1.54, 1.807) is 30.1 Å². The van der Waals surface area contributed by atoms with Crippen LogP contribution in [-0.2, 0) is 9.59 Å². The van der Waals surface area contributed by atoms with E-state index in [-0.39, 0.29) is 24.8 Å². The first kappa shape index (κ1) is 18.8. The van der Waals surface area contributed by atoms with Crippen LogP contribution < -0.4 is 4.90 Å². The third kappa shape index (κ3) is 5.18. The van der Waals surface area contributed by atoms with Crippen molar-refractivity contribution in [2.75, 3.05) is 25.0 Å². The zero-order valence-corrected chi connectivity index (χ0v) is 14.7. The largest absolute Gasteiger partial charge is 0.346 e. The minimum Gasteiger partial charge on any atom is -0.346 e. The molecule has 1 aromatic carbocycles. The number of benzene rings is 1. The van der Waals surface area contributed by atoms with E-state index in [1.807, 2.05) is 0 Å². The summed E-state index contributed by atoms with van der Waals surface area (Å²) in [5, 5.41) is 0.795. The maximum atomic E-state index is 12.1. The molecule has 4 nitrogen and oxygen atoms in total. The van der Waals surface area contributed by atoms with E-state index in [2.05, 4.69) is 6.92 Å². The predicted octanol–water partition coefficient (Wildman–Crippen LogP) is 3.99. The summed E-state index contributed by atoms with van der Waals surface area (Å²) in [6.07, 6.45) is 2.24. The van der Waals surface area contributed by atoms with Crippen LogP contribution in [0.4, 0.5) is 5.69 Å². The molecule has 0 N–H and O–H groups in total. The Hall–Kier alpha value is -1.26. The summed E-state index contributed by atoms with van der Waals surface area (Å²) < 4.78 is 0. The molecule has 0 fully saturated rings. The number of hydrogen-bond acceptors (Lipinski definition) is 2. The molecule has 0 heterocycles. The third-order valence-electron chi connectivity index (χ3n) is 3.41. The molecule has 0 saturated heterocycles. The maximum absolute atomic E-state index is 12.1. The summed E-state index contributed by atoms with van der Waals surface area (Å²) in [5.74, 6) is -0.193. The molecular weight excluding hydrogens is 323 g/mol. The number of halogens is 2. The number of anilines is 1. The van der Waals surface area contributed by atoms with Gasteiger partial charge in [-0.3, -0.25) is 9.59 Å². The van der Waals surface area contributed by atoms with Crippen molar-refractivity contribution >= 4 is 40.7 Å². The number of carbonyl (C=O) groups is 2. The molecule has 0 atom stereocenters. The van der Waals surface area contributed by atoms with Gasteiger partial charge in [0.2, 0.25) is 11.8 Å². The SMILES string of the molecule is CCCCN(C)C(=O)CCN(C(C)=O)c1c(Cl)cccc1Cl. The van der Waals surface area contributed by atoms with Gasteiger partial charge in [-0.15, -0.1) is 0 Å². The number of para-hydroxylation sites is 1. The normalized spacial score (nSPS) is 10.4. The fourth-order valence-corrected chi connectivity index (χ4v) is 2.69. The molecule has 6 heteroatoms. The molecule has 0 aliphatic heterocycles. The maximum Gasteiger partial charge on any atom is 0.224 e. The summed E-state index contributed by atoms with van der Waals surface area (Å²) in [7, 11) is 1.78. The fraction of sp³-hybridized carbons (Fsp3) is 0.500. The fourth-order valence-electron chi connectivity index (χ4n) is 2.09. The van der Waals surface area contributed by atoms with Crippen molar-refractivity contribution in [3.63, 3.8) is 0 Å². The van der Waals surface area contributed by atoms with Crippen molar-refractivity contribution in [2.24, 2.45) is 0 Å². The summed E-state index contributed by atoms with van der Waals surface area (Å²) >= 11 is 12.3. The lowest BCUT2D eigenvalue weighted by Crippen LogP contribution is -2.35. The van der Waals surface area contributed by atoms with Crippen molar-refractivity contribution < 1.29 is 9.59 Å². The van der Waals surface area contributed by atoms with E-state index >= 15 is 0 Å². The highest BCUT2D eigenvalue weighted by Crippen LogP contribution is 2.33. The lowest BCUT2D eigenvalue weighted by atomic mass is 10.2. The quantitative estimate of drug-likeness (QED) is 0.750. The van der Waals surface area contributed by atoms with Crippen molar-refractivity contribution in [2.45, 2.75) is 33.1 Å². The first-order chi connectivity index (χ1) is 10.4. The zero-order valence-electron chi connectivity index (χ0n) is 13.2. The number of unbranched alkanes of at least 4 members (excludes halogenated alkanes) is 1. The third-order valence-corrected chi connectivity index (χ3v) is 4.02. The first-order valence-corrected chi connectivity index (χ1v) is 8.10. The Labute approximate surface area is 142 Å². The second-order valence-corrected chi connectivity index (χ2v) is 5.97. The van der Waals surface area contributed by atoms with E-state index in [1.165, 1.54) is 11.8 Å². The molecule has 0 aliphatic carbocycles. The van der Waals surface area contributed by atoms with E-state index in [0.717, 1.165) is 19.4 Å². The van der Waals surface area contributed by atoms with E-state index in [0.29, 0.717) is 15.7 Å². The van der Waals surface area contributed by atoms with Gasteiger partial charge in [-0.1, -0.05) is 42.6 Å². The number of nitrogens with zero attached hydrogens (tertiary/aromatic N) is 2. The van der Waals surface area contributed by atoms with Crippen molar-refractivity contribution in [1.82, 2.24) is 4.90 Å². The Kier molecular flexibility index (Phi) is 7.69. The molecular formula is C16H22Cl2N2O2. The standard InChI is InChI=1S/C16H22Cl2N2O2/c1-4-5-10-19(3)15(22)9-11-20(12(2)21)16-13(17)7-6-8-14(16)18/h6-8H,4-5,9-11H2,1-3H3. The second-order valence-electron chi connectivity index (χ2n) is 5.16. The molecule has 0 spiro atoms. The van der Waals surface area contributed by atoms with Crippen LogP contribution in [0.15, 0.2) is 18.2 Å². The summed E-state index contributed by atoms with van der Waals surface area (Å²) in [4.78, 5) is 27.1. The molecule has 0 bridgehead atoms. The molecule has 1 rings (SSSR count). The molecule has 0 aromatic heterocycles. The van der Waals surface area contributed by atoms with Gasteiger partial charge in [-0.2, -0.15) is 0 Å². The molecule has 0 unspecified atom stereocenters. The molecule has 0 saturated carbocycles. The Morgan fingerprint density at radius 1 is 1.14 bits per heavy atom. The van der Waals surface area contributed by atoms with Gasteiger partial charge in [0, 0.05) is 33.5 Å². The smallest absolute Gasteiger partial charge is 0.224 e. The number of rotatable bonds is 7. The number of amides is 2. The van der Waals surface area contributed by atoms with Gasteiger partial charge in [0.1, 0.15) is 0 Å². The highest BCUT2D eigenvalue weighted by Gasteiger charge is 2.19. The highest BCUT2D eigenvalue weighted by atomic mass is 35.5. The van der Waals surface area contributed by atoms with E-state index in [4.69, 9.17) is 23.2 Å². The highest BCUT2D eigenvalue weighted by molar-refractivity contribution is 6.39. The van der Waals surface area contributed by atoms with Crippen LogP contribution in [0.25, 0.3) is 0 Å². The Morgan fingerprint density at radius 3 is 2.23 bits per heavy atom. The first-order valence-electron chi connectivity index (χ1n) is 7.34. The van der Waals surface area contributed by atoms with Gasteiger partial charge in [-0.05, 0) is 18.6 Å². The van der Waals surface area contributed by atoms with Crippen molar-refractivity contribution in [3.8, 4) is 0 Å². The molecule has 1 aromatic rings. The van der Waals surface area contributed by atoms with E-state index in [9.17, 15) is 9.59 Å². The second kappa shape index (κ2) is 9.01. The van der Waals surface area contributed by atoms with Gasteiger partial charge in [0.25, 0.3) is 0 Å².